The highest BCUT2D eigenvalue weighted by Crippen LogP contribution is 2.13. The van der Waals surface area contributed by atoms with Gasteiger partial charge in [-0.1, -0.05) is 0 Å². The van der Waals surface area contributed by atoms with Crippen molar-refractivity contribution in [2.45, 2.75) is 51.7 Å². The minimum absolute atomic E-state index is 0.166. The first kappa shape index (κ1) is 13.0. The van der Waals surface area contributed by atoms with Crippen LogP contribution >= 0.6 is 0 Å². The standard InChI is InChI=1S/C11H19NO4/c1-8(13)7-9(2)16-11(15)12-6-4-3-5-10(12)14/h8-9,13H,3-7H2,1-2H3. The number of hydrogen-bond donors (Lipinski definition) is 1. The highest BCUT2D eigenvalue weighted by molar-refractivity contribution is 5.92. The van der Waals surface area contributed by atoms with Crippen LogP contribution in [-0.4, -0.2) is 40.8 Å². The molecule has 1 N–H and O–H groups in total. The van der Waals surface area contributed by atoms with Gasteiger partial charge in [0.1, 0.15) is 6.10 Å². The van der Waals surface area contributed by atoms with E-state index >= 15 is 0 Å². The highest BCUT2D eigenvalue weighted by Gasteiger charge is 2.26. The number of likely N-dealkylation sites (tertiary alicyclic amines) is 1. The maximum atomic E-state index is 11.6. The van der Waals surface area contributed by atoms with Crippen molar-refractivity contribution < 1.29 is 19.4 Å². The lowest BCUT2D eigenvalue weighted by Crippen LogP contribution is -2.41. The predicted molar refractivity (Wildman–Crippen MR) is 57.8 cm³/mol. The number of rotatable bonds is 3. The lowest BCUT2D eigenvalue weighted by Gasteiger charge is -2.26. The maximum absolute atomic E-state index is 11.6. The Balaban J connectivity index is 2.41. The summed E-state index contributed by atoms with van der Waals surface area (Å²) in [5.41, 5.74) is 0. The molecule has 92 valence electrons. The number of ether oxygens (including phenoxy) is 1. The lowest BCUT2D eigenvalue weighted by atomic mass is 10.1. The van der Waals surface area contributed by atoms with E-state index in [1.54, 1.807) is 13.8 Å². The summed E-state index contributed by atoms with van der Waals surface area (Å²) in [5.74, 6) is -0.166. The van der Waals surface area contributed by atoms with Gasteiger partial charge in [0.05, 0.1) is 6.10 Å². The summed E-state index contributed by atoms with van der Waals surface area (Å²) in [5, 5.41) is 9.13. The molecule has 1 fully saturated rings. The fourth-order valence-electron chi connectivity index (χ4n) is 1.76. The van der Waals surface area contributed by atoms with Crippen molar-refractivity contribution in [1.82, 2.24) is 4.90 Å². The summed E-state index contributed by atoms with van der Waals surface area (Å²) in [6.45, 7) is 3.79. The van der Waals surface area contributed by atoms with E-state index < -0.39 is 12.2 Å². The van der Waals surface area contributed by atoms with Gasteiger partial charge in [0.15, 0.2) is 0 Å². The van der Waals surface area contributed by atoms with Gasteiger partial charge in [0.25, 0.3) is 0 Å². The van der Waals surface area contributed by atoms with Crippen LogP contribution in [0.15, 0.2) is 0 Å². The number of piperidine rings is 1. The molecule has 2 unspecified atom stereocenters. The average molecular weight is 229 g/mol. The molecule has 0 aromatic carbocycles. The molecule has 2 amide bonds. The molecule has 0 spiro atoms. The summed E-state index contributed by atoms with van der Waals surface area (Å²) in [6, 6.07) is 0. The molecule has 0 saturated carbocycles. The summed E-state index contributed by atoms with van der Waals surface area (Å²) < 4.78 is 5.08. The quantitative estimate of drug-likeness (QED) is 0.792. The fraction of sp³-hybridized carbons (Fsp3) is 0.818. The topological polar surface area (TPSA) is 66.8 Å². The van der Waals surface area contributed by atoms with E-state index in [-0.39, 0.29) is 12.0 Å². The van der Waals surface area contributed by atoms with E-state index in [1.807, 2.05) is 0 Å². The van der Waals surface area contributed by atoms with Crippen LogP contribution in [0.25, 0.3) is 0 Å². The number of aliphatic hydroxyl groups excluding tert-OH is 1. The van der Waals surface area contributed by atoms with E-state index in [4.69, 9.17) is 9.84 Å². The number of nitrogens with zero attached hydrogens (tertiary/aromatic N) is 1. The number of amides is 2. The second-order valence-electron chi connectivity index (χ2n) is 4.28. The minimum Gasteiger partial charge on any atom is -0.446 e. The van der Waals surface area contributed by atoms with Crippen LogP contribution < -0.4 is 0 Å². The zero-order valence-electron chi connectivity index (χ0n) is 9.81. The number of carbonyl (C=O) groups is 2. The molecule has 0 aliphatic carbocycles. The first-order chi connectivity index (χ1) is 7.50. The molecular weight excluding hydrogens is 210 g/mol. The second kappa shape index (κ2) is 5.84. The average Bonchev–Trinajstić information content (AvgIpc) is 2.16. The van der Waals surface area contributed by atoms with Crippen molar-refractivity contribution in [3.8, 4) is 0 Å². The zero-order valence-corrected chi connectivity index (χ0v) is 9.81. The Hall–Kier alpha value is -1.10. The van der Waals surface area contributed by atoms with E-state index in [1.165, 1.54) is 0 Å². The van der Waals surface area contributed by atoms with Crippen molar-refractivity contribution in [3.63, 3.8) is 0 Å². The van der Waals surface area contributed by atoms with Crippen LogP contribution in [-0.2, 0) is 9.53 Å². The Labute approximate surface area is 95.4 Å². The molecule has 5 heteroatoms. The Morgan fingerprint density at radius 2 is 2.19 bits per heavy atom. The van der Waals surface area contributed by atoms with Gasteiger partial charge in [-0.05, 0) is 26.7 Å². The van der Waals surface area contributed by atoms with Crippen LogP contribution in [0.2, 0.25) is 0 Å². The summed E-state index contributed by atoms with van der Waals surface area (Å²) >= 11 is 0. The number of hydrogen-bond acceptors (Lipinski definition) is 4. The molecule has 0 aromatic rings. The van der Waals surface area contributed by atoms with Gasteiger partial charge in [-0.2, -0.15) is 0 Å². The summed E-state index contributed by atoms with van der Waals surface area (Å²) in [7, 11) is 0. The van der Waals surface area contributed by atoms with Crippen LogP contribution in [0.5, 0.6) is 0 Å². The Kier molecular flexibility index (Phi) is 4.73. The molecule has 0 bridgehead atoms. The molecule has 0 aromatic heterocycles. The third-order valence-electron chi connectivity index (χ3n) is 2.52. The van der Waals surface area contributed by atoms with Crippen molar-refractivity contribution >= 4 is 12.0 Å². The zero-order chi connectivity index (χ0) is 12.1. The van der Waals surface area contributed by atoms with Gasteiger partial charge in [-0.25, -0.2) is 9.69 Å². The molecule has 5 nitrogen and oxygen atoms in total. The van der Waals surface area contributed by atoms with E-state index in [9.17, 15) is 9.59 Å². The monoisotopic (exact) mass is 229 g/mol. The first-order valence-corrected chi connectivity index (χ1v) is 5.69. The SMILES string of the molecule is CC(O)CC(C)OC(=O)N1CCCCC1=O. The molecule has 16 heavy (non-hydrogen) atoms. The largest absolute Gasteiger partial charge is 0.446 e. The number of imide groups is 1. The minimum atomic E-state index is -0.585. The normalized spacial score (nSPS) is 20.4. The van der Waals surface area contributed by atoms with Crippen LogP contribution in [0.1, 0.15) is 39.5 Å². The van der Waals surface area contributed by atoms with Crippen molar-refractivity contribution in [2.75, 3.05) is 6.54 Å². The smallest absolute Gasteiger partial charge is 0.416 e. The van der Waals surface area contributed by atoms with Crippen LogP contribution in [0, 0.1) is 0 Å². The van der Waals surface area contributed by atoms with E-state index in [2.05, 4.69) is 0 Å². The Bertz CT molecular complexity index is 265. The van der Waals surface area contributed by atoms with Crippen molar-refractivity contribution in [1.29, 1.82) is 0 Å². The van der Waals surface area contributed by atoms with Crippen LogP contribution in [0.3, 0.4) is 0 Å². The molecule has 1 rings (SSSR count). The molecule has 1 aliphatic heterocycles. The molecule has 1 heterocycles. The van der Waals surface area contributed by atoms with Gasteiger partial charge < -0.3 is 9.84 Å². The molecular formula is C11H19NO4. The maximum Gasteiger partial charge on any atom is 0.416 e. The third-order valence-corrected chi connectivity index (χ3v) is 2.52. The van der Waals surface area contributed by atoms with Gasteiger partial charge in [-0.15, -0.1) is 0 Å². The van der Waals surface area contributed by atoms with E-state index in [0.717, 1.165) is 17.7 Å². The van der Waals surface area contributed by atoms with E-state index in [0.29, 0.717) is 19.4 Å². The molecule has 1 saturated heterocycles. The Morgan fingerprint density at radius 1 is 1.50 bits per heavy atom. The summed E-state index contributed by atoms with van der Waals surface area (Å²) in [4.78, 5) is 24.2. The highest BCUT2D eigenvalue weighted by atomic mass is 16.6. The van der Waals surface area contributed by atoms with Gasteiger partial charge in [0, 0.05) is 19.4 Å². The van der Waals surface area contributed by atoms with Crippen molar-refractivity contribution in [2.24, 2.45) is 0 Å². The number of carbonyl (C=O) groups excluding carboxylic acids is 2. The molecule has 1 aliphatic rings. The second-order valence-corrected chi connectivity index (χ2v) is 4.28. The first-order valence-electron chi connectivity index (χ1n) is 5.69. The van der Waals surface area contributed by atoms with Gasteiger partial charge in [-0.3, -0.25) is 4.79 Å². The fourth-order valence-corrected chi connectivity index (χ4v) is 1.76. The molecule has 0 radical (unpaired) electrons. The van der Waals surface area contributed by atoms with Crippen LogP contribution in [0.4, 0.5) is 4.79 Å². The summed E-state index contributed by atoms with van der Waals surface area (Å²) in [6.07, 6.45) is 1.01. The molecule has 2 atom stereocenters. The van der Waals surface area contributed by atoms with Gasteiger partial charge in [0.2, 0.25) is 5.91 Å². The Morgan fingerprint density at radius 3 is 2.75 bits per heavy atom. The third kappa shape index (κ3) is 3.81. The van der Waals surface area contributed by atoms with Crippen molar-refractivity contribution in [3.05, 3.63) is 0 Å². The lowest BCUT2D eigenvalue weighted by molar-refractivity contribution is -0.131. The number of aliphatic hydroxyl groups is 1. The predicted octanol–water partition coefficient (Wildman–Crippen LogP) is 1.29. The van der Waals surface area contributed by atoms with Gasteiger partial charge >= 0.3 is 6.09 Å².